The summed E-state index contributed by atoms with van der Waals surface area (Å²) in [7, 11) is 1.46. The average Bonchev–Trinajstić information content (AvgIpc) is 3.29. The van der Waals surface area contributed by atoms with Crippen molar-refractivity contribution in [2.45, 2.75) is 124 Å². The molecular weight excluding hydrogens is 823 g/mol. The fourth-order valence-electron chi connectivity index (χ4n) is 8.36. The largest absolute Gasteiger partial charge is 0.492 e. The number of likely N-dealkylation sites (N-methyl/N-ethyl adjacent to an activating group) is 1. The van der Waals surface area contributed by atoms with Crippen LogP contribution in [0.2, 0.25) is 0 Å². The minimum atomic E-state index is -1.26. The summed E-state index contributed by atoms with van der Waals surface area (Å²) in [6, 6.07) is 14.1. The van der Waals surface area contributed by atoms with Crippen molar-refractivity contribution in [2.75, 3.05) is 40.0 Å². The van der Waals surface area contributed by atoms with E-state index in [1.165, 1.54) is 37.6 Å². The smallest absolute Gasteiger partial charge is 0.229 e. The van der Waals surface area contributed by atoms with Crippen LogP contribution in [-0.2, 0) is 32.0 Å². The monoisotopic (exact) mass is 896 g/mol. The number of aryl methyl sites for hydroxylation is 2. The summed E-state index contributed by atoms with van der Waals surface area (Å²) in [4.78, 5) is 72.0. The number of amides is 2. The number of aliphatic hydroxyl groups excluding tert-OH is 1. The molecule has 0 radical (unpaired) electrons. The second-order valence-electron chi connectivity index (χ2n) is 17.9. The first kappa shape index (κ1) is 52.4. The Balaban J connectivity index is 1.74. The number of nitrogens with zero attached hydrogens (tertiary/aromatic N) is 1. The predicted molar refractivity (Wildman–Crippen MR) is 255 cm³/mol. The van der Waals surface area contributed by atoms with E-state index < -0.39 is 48.1 Å². The van der Waals surface area contributed by atoms with Gasteiger partial charge in [0.1, 0.15) is 30.8 Å². The van der Waals surface area contributed by atoms with Crippen molar-refractivity contribution in [3.05, 3.63) is 82.4 Å². The molecule has 354 valence electrons. The van der Waals surface area contributed by atoms with Crippen molar-refractivity contribution < 1.29 is 38.6 Å². The lowest BCUT2D eigenvalue weighted by molar-refractivity contribution is -0.143. The number of nitrogens with two attached hydrogens (primary N) is 2. The first-order chi connectivity index (χ1) is 31.1. The minimum absolute atomic E-state index is 0.0328. The van der Waals surface area contributed by atoms with Gasteiger partial charge >= 0.3 is 0 Å². The highest BCUT2D eigenvalue weighted by Gasteiger charge is 2.36. The molecule has 1 heterocycles. The summed E-state index contributed by atoms with van der Waals surface area (Å²) in [5.74, 6) is -3.38. The van der Waals surface area contributed by atoms with Crippen molar-refractivity contribution in [1.82, 2.24) is 10.2 Å². The molecule has 13 heteroatoms. The van der Waals surface area contributed by atoms with Crippen LogP contribution in [0.15, 0.2) is 54.6 Å². The molecule has 1 aliphatic rings. The van der Waals surface area contributed by atoms with Gasteiger partial charge < -0.3 is 41.7 Å². The number of carbonyl (C=O) groups is 5. The van der Waals surface area contributed by atoms with Gasteiger partial charge in [-0.2, -0.15) is 0 Å². The molecular formula is C52H73N5O8. The topological polar surface area (TPSA) is 215 Å². The minimum Gasteiger partial charge on any atom is -0.492 e. The molecule has 4 bridgehead atoms. The molecule has 3 aromatic carbocycles. The number of rotatable bonds is 24. The number of hydrogen-bond acceptors (Lipinski definition) is 11. The van der Waals surface area contributed by atoms with Gasteiger partial charge in [-0.3, -0.25) is 24.0 Å². The highest BCUT2D eigenvalue weighted by Crippen LogP contribution is 2.41. The Kier molecular flexibility index (Phi) is 21.0. The van der Waals surface area contributed by atoms with E-state index in [4.69, 9.17) is 26.4 Å². The number of unbranched alkanes of at least 4 members (excludes halogenated alkanes) is 5. The van der Waals surface area contributed by atoms with Crippen LogP contribution in [0.25, 0.3) is 11.1 Å². The predicted octanol–water partition coefficient (Wildman–Crippen LogP) is 7.28. The number of fused-ring (bicyclic) bond motifs is 5. The van der Waals surface area contributed by atoms with Crippen LogP contribution in [0.4, 0.5) is 0 Å². The Labute approximate surface area is 385 Å². The van der Waals surface area contributed by atoms with Crippen LogP contribution in [0.3, 0.4) is 0 Å². The molecule has 7 N–H and O–H groups in total. The standard InChI is InChI=1S/C52H73N5O8/c1-7-8-9-10-11-12-13-36-14-17-40(34(4)26-36)46(60)31-39(32-58)52(63)57(6)50-38-16-21-49(65-25-23-54)42(30-38)41-28-37(15-20-48(41)64-24-22-53)29-44(45(59)19-18-43(55)33(2)3)56-51(62)35(5)27-47(50)61/h14-17,20-21,26,28,30,33,35,39,44,50,55,58H,7-13,18-19,22-25,27,29,31-32,53-54H2,1-6H3,(H,56,62). The molecule has 4 unspecified atom stereocenters. The zero-order chi connectivity index (χ0) is 47.6. The number of hydrogen-bond donors (Lipinski definition) is 5. The Morgan fingerprint density at radius 3 is 2.15 bits per heavy atom. The zero-order valence-corrected chi connectivity index (χ0v) is 39.5. The summed E-state index contributed by atoms with van der Waals surface area (Å²) in [6.45, 7) is 9.63. The van der Waals surface area contributed by atoms with E-state index in [1.807, 2.05) is 45.0 Å². The third kappa shape index (κ3) is 14.9. The molecule has 0 aromatic heterocycles. The van der Waals surface area contributed by atoms with Gasteiger partial charge in [0.15, 0.2) is 17.3 Å². The van der Waals surface area contributed by atoms with E-state index in [1.54, 1.807) is 37.3 Å². The lowest BCUT2D eigenvalue weighted by Gasteiger charge is -2.32. The van der Waals surface area contributed by atoms with Crippen LogP contribution in [-0.4, -0.2) is 90.9 Å². The van der Waals surface area contributed by atoms with Crippen molar-refractivity contribution in [3.8, 4) is 22.6 Å². The van der Waals surface area contributed by atoms with Crippen LogP contribution >= 0.6 is 0 Å². The van der Waals surface area contributed by atoms with Gasteiger partial charge in [0, 0.05) is 67.7 Å². The van der Waals surface area contributed by atoms with Gasteiger partial charge in [-0.1, -0.05) is 90.1 Å². The molecule has 0 aliphatic carbocycles. The number of ketones is 3. The molecule has 0 fully saturated rings. The SMILES string of the molecule is CCCCCCCCc1ccc(C(=O)CC(CO)C(=O)N(C)C2C(=O)CC(C)C(=O)NC(C(=O)CCC(=N)C(C)C)Cc3ccc(OCCN)c(c3)-c3cc2ccc3OCCN)c(C)c1. The lowest BCUT2D eigenvalue weighted by Crippen LogP contribution is -2.46. The number of nitrogens with one attached hydrogen (secondary N) is 2. The maximum Gasteiger partial charge on any atom is 0.229 e. The zero-order valence-electron chi connectivity index (χ0n) is 39.5. The third-order valence-corrected chi connectivity index (χ3v) is 12.3. The first-order valence-electron chi connectivity index (χ1n) is 23.5. The Hall–Kier alpha value is -5.24. The molecule has 4 atom stereocenters. The van der Waals surface area contributed by atoms with Gasteiger partial charge in [0.05, 0.1) is 18.6 Å². The van der Waals surface area contributed by atoms with Crippen LogP contribution in [0, 0.1) is 30.1 Å². The first-order valence-corrected chi connectivity index (χ1v) is 23.5. The quantitative estimate of drug-likeness (QED) is 0.0344. The maximum absolute atomic E-state index is 14.7. The highest BCUT2D eigenvalue weighted by atomic mass is 16.5. The summed E-state index contributed by atoms with van der Waals surface area (Å²) in [5.41, 5.74) is 16.8. The molecule has 13 nitrogen and oxygen atoms in total. The van der Waals surface area contributed by atoms with E-state index in [9.17, 15) is 29.1 Å². The molecule has 0 saturated carbocycles. The fraction of sp³-hybridized carbons (Fsp3) is 0.538. The van der Waals surface area contributed by atoms with Gasteiger partial charge in [-0.15, -0.1) is 0 Å². The lowest BCUT2D eigenvalue weighted by atomic mass is 9.88. The van der Waals surface area contributed by atoms with Crippen molar-refractivity contribution in [3.63, 3.8) is 0 Å². The van der Waals surface area contributed by atoms with E-state index in [-0.39, 0.29) is 75.9 Å². The Morgan fingerprint density at radius 1 is 0.877 bits per heavy atom. The average molecular weight is 896 g/mol. The molecule has 3 aromatic rings. The van der Waals surface area contributed by atoms with Gasteiger partial charge in [0.2, 0.25) is 11.8 Å². The molecule has 0 spiro atoms. The molecule has 65 heavy (non-hydrogen) atoms. The third-order valence-electron chi connectivity index (χ3n) is 12.3. The van der Waals surface area contributed by atoms with Crippen molar-refractivity contribution in [2.24, 2.45) is 29.2 Å². The number of ether oxygens (including phenoxy) is 2. The molecule has 0 saturated heterocycles. The number of Topliss-reactive ketones (excluding diaryl/α,β-unsaturated/α-hetero) is 3. The van der Waals surface area contributed by atoms with E-state index >= 15 is 0 Å². The molecule has 1 aliphatic heterocycles. The number of carbonyl (C=O) groups excluding carboxylic acids is 5. The highest BCUT2D eigenvalue weighted by molar-refractivity contribution is 6.01. The summed E-state index contributed by atoms with van der Waals surface area (Å²) >= 11 is 0. The van der Waals surface area contributed by atoms with Crippen LogP contribution < -0.4 is 26.3 Å². The second-order valence-corrected chi connectivity index (χ2v) is 17.9. The summed E-state index contributed by atoms with van der Waals surface area (Å²) in [5, 5.41) is 21.9. The van der Waals surface area contributed by atoms with E-state index in [0.29, 0.717) is 45.0 Å². The van der Waals surface area contributed by atoms with Crippen molar-refractivity contribution in [1.29, 1.82) is 5.41 Å². The van der Waals surface area contributed by atoms with Crippen LogP contribution in [0.5, 0.6) is 11.5 Å². The van der Waals surface area contributed by atoms with E-state index in [0.717, 1.165) is 30.4 Å². The normalized spacial score (nSPS) is 16.9. The number of aliphatic hydroxyl groups is 1. The van der Waals surface area contributed by atoms with Gasteiger partial charge in [0.25, 0.3) is 0 Å². The number of benzene rings is 3. The summed E-state index contributed by atoms with van der Waals surface area (Å²) in [6.07, 6.45) is 7.88. The summed E-state index contributed by atoms with van der Waals surface area (Å²) < 4.78 is 12.3. The van der Waals surface area contributed by atoms with Crippen LogP contribution in [0.1, 0.15) is 131 Å². The Morgan fingerprint density at radius 2 is 1.52 bits per heavy atom. The fourth-order valence-corrected chi connectivity index (χ4v) is 8.36. The van der Waals surface area contributed by atoms with Gasteiger partial charge in [-0.05, 0) is 85.0 Å². The Bertz CT molecular complexity index is 2120. The molecule has 4 rings (SSSR count). The molecule has 2 amide bonds. The maximum atomic E-state index is 14.7. The van der Waals surface area contributed by atoms with E-state index in [2.05, 4.69) is 12.2 Å². The second kappa shape index (κ2) is 26.0. The van der Waals surface area contributed by atoms with Crippen molar-refractivity contribution >= 4 is 34.9 Å². The van der Waals surface area contributed by atoms with Gasteiger partial charge in [-0.25, -0.2) is 0 Å².